The van der Waals surface area contributed by atoms with Crippen LogP contribution in [0.3, 0.4) is 0 Å². The van der Waals surface area contributed by atoms with Crippen molar-refractivity contribution in [3.05, 3.63) is 24.3 Å². The largest absolute Gasteiger partial charge is 0.486 e. The van der Waals surface area contributed by atoms with Crippen molar-refractivity contribution >= 4 is 12.4 Å². The summed E-state index contributed by atoms with van der Waals surface area (Å²) in [6, 6.07) is 6.33. The molecule has 1 aliphatic heterocycles. The molecule has 2 unspecified atom stereocenters. The van der Waals surface area contributed by atoms with Gasteiger partial charge in [0.2, 0.25) is 0 Å². The molecule has 0 aromatic heterocycles. The lowest BCUT2D eigenvalue weighted by atomic mass is 10.1. The number of ether oxygens (including phenoxy) is 3. The number of hydrogen-bond donors (Lipinski definition) is 1. The molecule has 6 heteroatoms. The normalized spacial score (nSPS) is 18.5. The number of nitrogens with one attached hydrogen (secondary N) is 1. The van der Waals surface area contributed by atoms with Crippen molar-refractivity contribution in [2.45, 2.75) is 38.5 Å². The first kappa shape index (κ1) is 15.2. The number of hydrogen-bond acceptors (Lipinski definition) is 5. The summed E-state index contributed by atoms with van der Waals surface area (Å²) in [5.41, 5.74) is -0.631. The zero-order chi connectivity index (χ0) is 15.5. The average Bonchev–Trinajstić information content (AvgIpc) is 2.42. The van der Waals surface area contributed by atoms with Gasteiger partial charge in [-0.25, -0.2) is 4.79 Å². The Kier molecular flexibility index (Phi) is 4.35. The predicted octanol–water partition coefficient (Wildman–Crippen LogP) is 1.92. The van der Waals surface area contributed by atoms with Gasteiger partial charge in [0.05, 0.1) is 0 Å². The summed E-state index contributed by atoms with van der Waals surface area (Å²) in [6.45, 7) is 5.42. The first-order valence-electron chi connectivity index (χ1n) is 6.72. The zero-order valence-electron chi connectivity index (χ0n) is 12.3. The summed E-state index contributed by atoms with van der Waals surface area (Å²) in [7, 11) is 0. The maximum absolute atomic E-state index is 11.7. The SMILES string of the molecule is CC(C)(C)OC(=O)NC(C=O)C1COc2ccccc2O1. The fourth-order valence-electron chi connectivity index (χ4n) is 1.87. The van der Waals surface area contributed by atoms with Gasteiger partial charge in [-0.05, 0) is 32.9 Å². The van der Waals surface area contributed by atoms with Gasteiger partial charge in [0.1, 0.15) is 24.5 Å². The summed E-state index contributed by atoms with van der Waals surface area (Å²) in [5, 5.41) is 2.49. The van der Waals surface area contributed by atoms with E-state index in [1.807, 2.05) is 12.1 Å². The molecular weight excluding hydrogens is 274 g/mol. The topological polar surface area (TPSA) is 73.9 Å². The second-order valence-electron chi connectivity index (χ2n) is 5.72. The third-order valence-corrected chi connectivity index (χ3v) is 2.76. The van der Waals surface area contributed by atoms with Gasteiger partial charge in [-0.2, -0.15) is 0 Å². The molecule has 1 aromatic carbocycles. The molecule has 0 fully saturated rings. The van der Waals surface area contributed by atoms with Crippen LogP contribution >= 0.6 is 0 Å². The van der Waals surface area contributed by atoms with Crippen molar-refractivity contribution in [2.24, 2.45) is 0 Å². The van der Waals surface area contributed by atoms with Crippen molar-refractivity contribution in [3.8, 4) is 11.5 Å². The lowest BCUT2D eigenvalue weighted by Crippen LogP contribution is -2.51. The van der Waals surface area contributed by atoms with E-state index in [2.05, 4.69) is 5.32 Å². The van der Waals surface area contributed by atoms with E-state index in [0.29, 0.717) is 17.8 Å². The van der Waals surface area contributed by atoms with Crippen molar-refractivity contribution in [2.75, 3.05) is 6.61 Å². The monoisotopic (exact) mass is 293 g/mol. The Morgan fingerprint density at radius 2 is 2.05 bits per heavy atom. The maximum Gasteiger partial charge on any atom is 0.408 e. The second-order valence-corrected chi connectivity index (χ2v) is 5.72. The van der Waals surface area contributed by atoms with Crippen LogP contribution in [0.4, 0.5) is 4.79 Å². The Morgan fingerprint density at radius 1 is 1.38 bits per heavy atom. The fraction of sp³-hybridized carbons (Fsp3) is 0.467. The van der Waals surface area contributed by atoms with Crippen LogP contribution in [0.5, 0.6) is 11.5 Å². The van der Waals surface area contributed by atoms with Crippen LogP contribution in [0.2, 0.25) is 0 Å². The van der Waals surface area contributed by atoms with Gasteiger partial charge < -0.3 is 24.3 Å². The summed E-state index contributed by atoms with van der Waals surface area (Å²) in [4.78, 5) is 22.9. The number of carbonyl (C=O) groups is 2. The molecule has 21 heavy (non-hydrogen) atoms. The van der Waals surface area contributed by atoms with Crippen LogP contribution in [0.1, 0.15) is 20.8 Å². The van der Waals surface area contributed by atoms with Crippen LogP contribution in [-0.2, 0) is 9.53 Å². The molecule has 2 rings (SSSR count). The Morgan fingerprint density at radius 3 is 2.67 bits per heavy atom. The Balaban J connectivity index is 2.00. The highest BCUT2D eigenvalue weighted by Crippen LogP contribution is 2.31. The van der Waals surface area contributed by atoms with Crippen molar-refractivity contribution < 1.29 is 23.8 Å². The zero-order valence-corrected chi connectivity index (χ0v) is 12.3. The highest BCUT2D eigenvalue weighted by molar-refractivity contribution is 5.74. The number of benzene rings is 1. The number of amides is 1. The molecule has 0 aliphatic carbocycles. The van der Waals surface area contributed by atoms with E-state index in [1.54, 1.807) is 32.9 Å². The smallest absolute Gasteiger partial charge is 0.408 e. The molecule has 1 heterocycles. The van der Waals surface area contributed by atoms with Crippen molar-refractivity contribution in [1.29, 1.82) is 0 Å². The van der Waals surface area contributed by atoms with Crippen LogP contribution in [0.25, 0.3) is 0 Å². The Hall–Kier alpha value is -2.24. The number of para-hydroxylation sites is 2. The third-order valence-electron chi connectivity index (χ3n) is 2.76. The molecule has 0 saturated carbocycles. The first-order valence-corrected chi connectivity index (χ1v) is 6.72. The lowest BCUT2D eigenvalue weighted by Gasteiger charge is -2.30. The lowest BCUT2D eigenvalue weighted by molar-refractivity contribution is -0.112. The maximum atomic E-state index is 11.7. The third kappa shape index (κ3) is 4.11. The van der Waals surface area contributed by atoms with Crippen molar-refractivity contribution in [3.63, 3.8) is 0 Å². The number of aldehydes is 1. The number of rotatable bonds is 3. The minimum absolute atomic E-state index is 0.177. The molecule has 0 radical (unpaired) electrons. The Labute approximate surface area is 123 Å². The standard InChI is InChI=1S/C15H19NO5/c1-15(2,3)21-14(18)16-10(8-17)13-9-19-11-6-4-5-7-12(11)20-13/h4-8,10,13H,9H2,1-3H3,(H,16,18). The Bertz CT molecular complexity index is 523. The van der Waals surface area contributed by atoms with Crippen LogP contribution < -0.4 is 14.8 Å². The summed E-state index contributed by atoms with van der Waals surface area (Å²) < 4.78 is 16.3. The van der Waals surface area contributed by atoms with E-state index in [-0.39, 0.29) is 6.61 Å². The molecule has 0 spiro atoms. The number of alkyl carbamates (subject to hydrolysis) is 1. The quantitative estimate of drug-likeness (QED) is 0.862. The molecule has 1 N–H and O–H groups in total. The fourth-order valence-corrected chi connectivity index (χ4v) is 1.87. The van der Waals surface area contributed by atoms with E-state index >= 15 is 0 Å². The van der Waals surface area contributed by atoms with Gasteiger partial charge in [-0.15, -0.1) is 0 Å². The van der Waals surface area contributed by atoms with E-state index < -0.39 is 23.8 Å². The summed E-state index contributed by atoms with van der Waals surface area (Å²) in [6.07, 6.45) is -0.640. The first-order chi connectivity index (χ1) is 9.89. The number of fused-ring (bicyclic) bond motifs is 1. The molecule has 1 aromatic rings. The summed E-state index contributed by atoms with van der Waals surface area (Å²) in [5.74, 6) is 1.17. The van der Waals surface area contributed by atoms with E-state index in [1.165, 1.54) is 0 Å². The molecule has 2 atom stereocenters. The minimum Gasteiger partial charge on any atom is -0.486 e. The van der Waals surface area contributed by atoms with Gasteiger partial charge in [0, 0.05) is 0 Å². The van der Waals surface area contributed by atoms with Gasteiger partial charge in [0.15, 0.2) is 17.6 Å². The van der Waals surface area contributed by atoms with Crippen LogP contribution in [-0.4, -0.2) is 36.7 Å². The molecule has 1 amide bonds. The van der Waals surface area contributed by atoms with Crippen molar-refractivity contribution in [1.82, 2.24) is 5.32 Å². The molecule has 114 valence electrons. The van der Waals surface area contributed by atoms with E-state index in [4.69, 9.17) is 14.2 Å². The van der Waals surface area contributed by atoms with Crippen LogP contribution in [0, 0.1) is 0 Å². The molecular formula is C15H19NO5. The summed E-state index contributed by atoms with van der Waals surface area (Å²) >= 11 is 0. The molecule has 0 bridgehead atoms. The van der Waals surface area contributed by atoms with Gasteiger partial charge >= 0.3 is 6.09 Å². The van der Waals surface area contributed by atoms with Gasteiger partial charge in [-0.3, -0.25) is 0 Å². The number of carbonyl (C=O) groups excluding carboxylic acids is 2. The molecule has 6 nitrogen and oxygen atoms in total. The van der Waals surface area contributed by atoms with Gasteiger partial charge in [-0.1, -0.05) is 12.1 Å². The average molecular weight is 293 g/mol. The minimum atomic E-state index is -0.840. The highest BCUT2D eigenvalue weighted by atomic mass is 16.6. The second kappa shape index (κ2) is 6.03. The highest BCUT2D eigenvalue weighted by Gasteiger charge is 2.31. The van der Waals surface area contributed by atoms with Crippen LogP contribution in [0.15, 0.2) is 24.3 Å². The van der Waals surface area contributed by atoms with E-state index in [0.717, 1.165) is 0 Å². The molecule has 1 aliphatic rings. The van der Waals surface area contributed by atoms with E-state index in [9.17, 15) is 9.59 Å². The molecule has 0 saturated heterocycles. The van der Waals surface area contributed by atoms with Gasteiger partial charge in [0.25, 0.3) is 0 Å². The predicted molar refractivity (Wildman–Crippen MR) is 75.6 cm³/mol.